The normalized spacial score (nSPS) is 11.5. The number of nitrogens with zero attached hydrogens (tertiary/aromatic N) is 3. The Balaban J connectivity index is 2.60. The second-order valence-electron chi connectivity index (χ2n) is 3.94. The largest absolute Gasteiger partial charge is 0.308 e. The highest BCUT2D eigenvalue weighted by molar-refractivity contribution is 5.05. The van der Waals surface area contributed by atoms with Crippen LogP contribution in [0.5, 0.6) is 0 Å². The maximum absolute atomic E-state index is 4.30. The van der Waals surface area contributed by atoms with E-state index in [1.165, 1.54) is 5.69 Å². The van der Waals surface area contributed by atoms with Crippen LogP contribution in [0.3, 0.4) is 0 Å². The fourth-order valence-corrected chi connectivity index (χ4v) is 1.31. The monoisotopic (exact) mass is 181 g/mol. The van der Waals surface area contributed by atoms with E-state index in [9.17, 15) is 0 Å². The topological polar surface area (TPSA) is 21.1 Å². The van der Waals surface area contributed by atoms with Gasteiger partial charge in [-0.15, -0.1) is 0 Å². The quantitative estimate of drug-likeness (QED) is 0.703. The lowest BCUT2D eigenvalue weighted by Gasteiger charge is -2.13. The van der Waals surface area contributed by atoms with E-state index >= 15 is 0 Å². The highest BCUT2D eigenvalue weighted by atomic mass is 15.3. The van der Waals surface area contributed by atoms with Crippen LogP contribution in [0.25, 0.3) is 0 Å². The van der Waals surface area contributed by atoms with Gasteiger partial charge in [-0.25, -0.2) is 0 Å². The van der Waals surface area contributed by atoms with Crippen LogP contribution in [-0.2, 0) is 6.54 Å². The van der Waals surface area contributed by atoms with Crippen molar-refractivity contribution < 1.29 is 0 Å². The van der Waals surface area contributed by atoms with Crippen LogP contribution in [-0.4, -0.2) is 35.3 Å². The first-order valence-electron chi connectivity index (χ1n) is 4.77. The minimum absolute atomic E-state index is 0.560. The average Bonchev–Trinajstić information content (AvgIpc) is 2.47. The van der Waals surface area contributed by atoms with Crippen LogP contribution in [0, 0.1) is 0 Å². The van der Waals surface area contributed by atoms with Gasteiger partial charge in [0.1, 0.15) is 0 Å². The first-order chi connectivity index (χ1) is 6.11. The van der Waals surface area contributed by atoms with E-state index in [2.05, 4.69) is 48.7 Å². The Kier molecular flexibility index (Phi) is 3.48. The number of rotatable bonds is 4. The van der Waals surface area contributed by atoms with E-state index in [1.54, 1.807) is 0 Å². The van der Waals surface area contributed by atoms with Gasteiger partial charge in [0.25, 0.3) is 0 Å². The second-order valence-corrected chi connectivity index (χ2v) is 3.94. The summed E-state index contributed by atoms with van der Waals surface area (Å²) in [5, 5.41) is 4.30. The molecule has 0 spiro atoms. The lowest BCUT2D eigenvalue weighted by molar-refractivity contribution is 0.368. The van der Waals surface area contributed by atoms with Gasteiger partial charge < -0.3 is 4.90 Å². The summed E-state index contributed by atoms with van der Waals surface area (Å²) < 4.78 is 2.09. The minimum Gasteiger partial charge on any atom is -0.308 e. The molecule has 3 nitrogen and oxygen atoms in total. The van der Waals surface area contributed by atoms with Crippen molar-refractivity contribution in [2.45, 2.75) is 26.3 Å². The fraction of sp³-hybridized carbons (Fsp3) is 0.700. The summed E-state index contributed by atoms with van der Waals surface area (Å²) in [7, 11) is 4.16. The van der Waals surface area contributed by atoms with E-state index in [1.807, 2.05) is 6.20 Å². The van der Waals surface area contributed by atoms with Crippen LogP contribution in [0.4, 0.5) is 0 Å². The third kappa shape index (κ3) is 2.84. The van der Waals surface area contributed by atoms with Gasteiger partial charge >= 0.3 is 0 Å². The molecule has 0 saturated carbocycles. The summed E-state index contributed by atoms with van der Waals surface area (Å²) in [6.07, 6.45) is 1.88. The summed E-state index contributed by atoms with van der Waals surface area (Å²) in [6.45, 7) is 6.42. The Hall–Kier alpha value is -0.830. The summed E-state index contributed by atoms with van der Waals surface area (Å²) in [6, 6.07) is 2.10. The molecule has 3 heteroatoms. The molecule has 0 bridgehead atoms. The lowest BCUT2D eigenvalue weighted by atomic mass is 10.1. The Labute approximate surface area is 80.4 Å². The molecule has 0 radical (unpaired) electrons. The van der Waals surface area contributed by atoms with Gasteiger partial charge in [-0.05, 0) is 26.1 Å². The molecule has 0 atom stereocenters. The van der Waals surface area contributed by atoms with Gasteiger partial charge in [0.2, 0.25) is 0 Å². The predicted molar refractivity (Wildman–Crippen MR) is 54.9 cm³/mol. The molecular weight excluding hydrogens is 162 g/mol. The van der Waals surface area contributed by atoms with Crippen LogP contribution >= 0.6 is 0 Å². The van der Waals surface area contributed by atoms with Crippen molar-refractivity contribution in [1.82, 2.24) is 14.7 Å². The lowest BCUT2D eigenvalue weighted by Crippen LogP contribution is -2.20. The van der Waals surface area contributed by atoms with Crippen molar-refractivity contribution in [2.24, 2.45) is 0 Å². The number of aromatic nitrogens is 2. The highest BCUT2D eigenvalue weighted by Gasteiger charge is 2.05. The third-order valence-electron chi connectivity index (χ3n) is 2.10. The van der Waals surface area contributed by atoms with Crippen LogP contribution in [0.15, 0.2) is 12.3 Å². The number of hydrogen-bond donors (Lipinski definition) is 0. The molecule has 0 aliphatic heterocycles. The van der Waals surface area contributed by atoms with Crippen LogP contribution in [0.2, 0.25) is 0 Å². The SMILES string of the molecule is CC(C)c1ccnn1CCN(C)C. The fourth-order valence-electron chi connectivity index (χ4n) is 1.31. The molecule has 0 amide bonds. The Morgan fingerprint density at radius 2 is 2.15 bits per heavy atom. The molecule has 1 aromatic heterocycles. The minimum atomic E-state index is 0.560. The highest BCUT2D eigenvalue weighted by Crippen LogP contribution is 2.12. The zero-order valence-electron chi connectivity index (χ0n) is 8.99. The molecule has 1 rings (SSSR count). The molecule has 13 heavy (non-hydrogen) atoms. The van der Waals surface area contributed by atoms with Crippen molar-refractivity contribution in [2.75, 3.05) is 20.6 Å². The molecule has 0 unspecified atom stereocenters. The molecule has 0 aromatic carbocycles. The van der Waals surface area contributed by atoms with Crippen LogP contribution < -0.4 is 0 Å². The van der Waals surface area contributed by atoms with Crippen LogP contribution in [0.1, 0.15) is 25.5 Å². The smallest absolute Gasteiger partial charge is 0.0539 e. The van der Waals surface area contributed by atoms with Gasteiger partial charge in [-0.1, -0.05) is 13.8 Å². The molecule has 0 aliphatic carbocycles. The Morgan fingerprint density at radius 3 is 2.69 bits per heavy atom. The molecule has 0 saturated heterocycles. The van der Waals surface area contributed by atoms with Crippen molar-refractivity contribution >= 4 is 0 Å². The zero-order chi connectivity index (χ0) is 9.84. The van der Waals surface area contributed by atoms with Gasteiger partial charge in [0, 0.05) is 18.4 Å². The Bertz CT molecular complexity index is 250. The van der Waals surface area contributed by atoms with Crippen molar-refractivity contribution in [3.63, 3.8) is 0 Å². The van der Waals surface area contributed by atoms with E-state index in [0.717, 1.165) is 13.1 Å². The molecule has 74 valence electrons. The maximum Gasteiger partial charge on any atom is 0.0539 e. The summed E-state index contributed by atoms with van der Waals surface area (Å²) in [5.41, 5.74) is 1.32. The number of likely N-dealkylation sites (N-methyl/N-ethyl adjacent to an activating group) is 1. The van der Waals surface area contributed by atoms with E-state index in [-0.39, 0.29) is 0 Å². The van der Waals surface area contributed by atoms with Crippen molar-refractivity contribution in [3.8, 4) is 0 Å². The first-order valence-corrected chi connectivity index (χ1v) is 4.77. The van der Waals surface area contributed by atoms with Gasteiger partial charge in [-0.2, -0.15) is 5.10 Å². The Morgan fingerprint density at radius 1 is 1.46 bits per heavy atom. The molecular formula is C10H19N3. The predicted octanol–water partition coefficient (Wildman–Crippen LogP) is 1.57. The standard InChI is InChI=1S/C10H19N3/c1-9(2)10-5-6-11-13(10)8-7-12(3)4/h5-6,9H,7-8H2,1-4H3. The molecule has 0 N–H and O–H groups in total. The second kappa shape index (κ2) is 4.42. The van der Waals surface area contributed by atoms with Gasteiger partial charge in [0.15, 0.2) is 0 Å². The summed E-state index contributed by atoms with van der Waals surface area (Å²) in [4.78, 5) is 2.17. The van der Waals surface area contributed by atoms with E-state index in [4.69, 9.17) is 0 Å². The molecule has 0 aliphatic rings. The van der Waals surface area contributed by atoms with Crippen molar-refractivity contribution in [1.29, 1.82) is 0 Å². The van der Waals surface area contributed by atoms with Gasteiger partial charge in [0.05, 0.1) is 6.54 Å². The number of hydrogen-bond acceptors (Lipinski definition) is 2. The summed E-state index contributed by atoms with van der Waals surface area (Å²) >= 11 is 0. The maximum atomic E-state index is 4.30. The molecule has 1 heterocycles. The molecule has 0 fully saturated rings. The van der Waals surface area contributed by atoms with E-state index in [0.29, 0.717) is 5.92 Å². The first kappa shape index (κ1) is 10.3. The van der Waals surface area contributed by atoms with E-state index < -0.39 is 0 Å². The van der Waals surface area contributed by atoms with Gasteiger partial charge in [-0.3, -0.25) is 4.68 Å². The zero-order valence-corrected chi connectivity index (χ0v) is 8.99. The van der Waals surface area contributed by atoms with Crippen molar-refractivity contribution in [3.05, 3.63) is 18.0 Å². The molecule has 1 aromatic rings. The summed E-state index contributed by atoms with van der Waals surface area (Å²) in [5.74, 6) is 0.560. The average molecular weight is 181 g/mol. The third-order valence-corrected chi connectivity index (χ3v) is 2.10.